The molecule has 2 aliphatic rings. The minimum Gasteiger partial charge on any atom is -0.479 e. The van der Waals surface area contributed by atoms with Crippen molar-refractivity contribution in [1.29, 1.82) is 0 Å². The highest BCUT2D eigenvalue weighted by Crippen LogP contribution is 2.39. The molecule has 17 heavy (non-hydrogen) atoms. The quantitative estimate of drug-likeness (QED) is 0.739. The van der Waals surface area contributed by atoms with Gasteiger partial charge in [-0.25, -0.2) is 0 Å². The minimum atomic E-state index is -4.03. The molecule has 3 nitrogen and oxygen atoms in total. The van der Waals surface area contributed by atoms with E-state index in [0.717, 1.165) is 0 Å². The van der Waals surface area contributed by atoms with E-state index in [-0.39, 0.29) is 18.8 Å². The van der Waals surface area contributed by atoms with Gasteiger partial charge >= 0.3 is 6.18 Å². The first-order chi connectivity index (χ1) is 8.05. The SMILES string of the molecule is FC(F)(F)[C@H]1CC[C@H](COC2=NN=CC2)CC1. The first-order valence-electron chi connectivity index (χ1n) is 5.83. The fourth-order valence-corrected chi connectivity index (χ4v) is 2.22. The van der Waals surface area contributed by atoms with Crippen LogP contribution in [-0.4, -0.2) is 24.9 Å². The lowest BCUT2D eigenvalue weighted by Gasteiger charge is -2.29. The van der Waals surface area contributed by atoms with E-state index in [1.807, 2.05) is 0 Å². The summed E-state index contributed by atoms with van der Waals surface area (Å²) in [5, 5.41) is 7.42. The number of rotatable bonds is 2. The maximum Gasteiger partial charge on any atom is 0.391 e. The molecule has 0 amide bonds. The van der Waals surface area contributed by atoms with Gasteiger partial charge in [-0.05, 0) is 31.6 Å². The number of alkyl halides is 3. The van der Waals surface area contributed by atoms with E-state index in [2.05, 4.69) is 10.2 Å². The summed E-state index contributed by atoms with van der Waals surface area (Å²) in [4.78, 5) is 0. The van der Waals surface area contributed by atoms with Crippen LogP contribution in [0.15, 0.2) is 10.2 Å². The highest BCUT2D eigenvalue weighted by atomic mass is 19.4. The average Bonchev–Trinajstić information content (AvgIpc) is 2.78. The first-order valence-corrected chi connectivity index (χ1v) is 5.83. The highest BCUT2D eigenvalue weighted by Gasteiger charge is 2.41. The van der Waals surface area contributed by atoms with E-state index in [1.165, 1.54) is 0 Å². The van der Waals surface area contributed by atoms with Gasteiger partial charge in [0, 0.05) is 6.21 Å². The molecule has 1 saturated carbocycles. The molecule has 1 heterocycles. The Hall–Kier alpha value is -1.07. The molecule has 2 rings (SSSR count). The molecular formula is C11H15F3N2O. The van der Waals surface area contributed by atoms with Gasteiger partial charge in [0.05, 0.1) is 18.9 Å². The second kappa shape index (κ2) is 5.06. The predicted octanol–water partition coefficient (Wildman–Crippen LogP) is 3.16. The molecule has 0 atom stereocenters. The van der Waals surface area contributed by atoms with Crippen molar-refractivity contribution in [2.45, 2.75) is 38.3 Å². The smallest absolute Gasteiger partial charge is 0.391 e. The van der Waals surface area contributed by atoms with E-state index < -0.39 is 12.1 Å². The van der Waals surface area contributed by atoms with Crippen LogP contribution in [0.5, 0.6) is 0 Å². The van der Waals surface area contributed by atoms with Crippen molar-refractivity contribution in [2.24, 2.45) is 22.0 Å². The van der Waals surface area contributed by atoms with Gasteiger partial charge in [0.15, 0.2) is 0 Å². The van der Waals surface area contributed by atoms with Crippen molar-refractivity contribution in [3.05, 3.63) is 0 Å². The Labute approximate surface area is 97.7 Å². The zero-order chi connectivity index (χ0) is 12.3. The summed E-state index contributed by atoms with van der Waals surface area (Å²) in [6, 6.07) is 0. The second-order valence-corrected chi connectivity index (χ2v) is 4.57. The molecule has 0 N–H and O–H groups in total. The van der Waals surface area contributed by atoms with Gasteiger partial charge in [-0.2, -0.15) is 18.3 Å². The van der Waals surface area contributed by atoms with Gasteiger partial charge in [0.2, 0.25) is 5.90 Å². The van der Waals surface area contributed by atoms with Crippen LogP contribution in [-0.2, 0) is 4.74 Å². The third-order valence-corrected chi connectivity index (χ3v) is 3.31. The van der Waals surface area contributed by atoms with Crippen molar-refractivity contribution in [3.8, 4) is 0 Å². The summed E-state index contributed by atoms with van der Waals surface area (Å²) < 4.78 is 42.7. The Balaban J connectivity index is 1.69. The van der Waals surface area contributed by atoms with Crippen LogP contribution in [0, 0.1) is 11.8 Å². The summed E-state index contributed by atoms with van der Waals surface area (Å²) in [6.45, 7) is 0.465. The largest absolute Gasteiger partial charge is 0.479 e. The molecule has 1 aliphatic heterocycles. The molecule has 0 radical (unpaired) electrons. The summed E-state index contributed by atoms with van der Waals surface area (Å²) in [6.07, 6.45) is -0.180. The molecule has 1 fully saturated rings. The van der Waals surface area contributed by atoms with Gasteiger partial charge in [-0.15, -0.1) is 5.10 Å². The lowest BCUT2D eigenvalue weighted by atomic mass is 9.82. The fourth-order valence-electron chi connectivity index (χ4n) is 2.22. The van der Waals surface area contributed by atoms with Gasteiger partial charge < -0.3 is 4.74 Å². The lowest BCUT2D eigenvalue weighted by molar-refractivity contribution is -0.184. The fraction of sp³-hybridized carbons (Fsp3) is 0.818. The normalized spacial score (nSPS) is 29.2. The molecule has 0 aromatic heterocycles. The van der Waals surface area contributed by atoms with Crippen molar-refractivity contribution in [2.75, 3.05) is 6.61 Å². The number of nitrogens with zero attached hydrogens (tertiary/aromatic N) is 2. The van der Waals surface area contributed by atoms with E-state index in [4.69, 9.17) is 4.74 Å². The molecule has 0 spiro atoms. The van der Waals surface area contributed by atoms with Gasteiger partial charge in [-0.3, -0.25) is 0 Å². The van der Waals surface area contributed by atoms with E-state index in [1.54, 1.807) is 6.21 Å². The number of hydrogen-bond acceptors (Lipinski definition) is 3. The molecule has 0 saturated heterocycles. The molecule has 0 unspecified atom stereocenters. The van der Waals surface area contributed by atoms with Crippen molar-refractivity contribution >= 4 is 12.1 Å². The van der Waals surface area contributed by atoms with E-state index >= 15 is 0 Å². The Bertz CT molecular complexity index is 317. The summed E-state index contributed by atoms with van der Waals surface area (Å²) >= 11 is 0. The van der Waals surface area contributed by atoms with Crippen molar-refractivity contribution in [3.63, 3.8) is 0 Å². The second-order valence-electron chi connectivity index (χ2n) is 4.57. The minimum absolute atomic E-state index is 0.219. The van der Waals surface area contributed by atoms with Crippen LogP contribution >= 0.6 is 0 Å². The van der Waals surface area contributed by atoms with E-state index in [9.17, 15) is 13.2 Å². The van der Waals surface area contributed by atoms with Gasteiger partial charge in [0.1, 0.15) is 0 Å². The highest BCUT2D eigenvalue weighted by molar-refractivity contribution is 5.92. The molecule has 6 heteroatoms. The molecule has 96 valence electrons. The molecular weight excluding hydrogens is 233 g/mol. The van der Waals surface area contributed by atoms with Crippen LogP contribution in [0.3, 0.4) is 0 Å². The molecule has 0 bridgehead atoms. The Morgan fingerprint density at radius 2 is 1.94 bits per heavy atom. The Morgan fingerprint density at radius 3 is 2.47 bits per heavy atom. The first kappa shape index (κ1) is 12.4. The van der Waals surface area contributed by atoms with Crippen LogP contribution in [0.25, 0.3) is 0 Å². The zero-order valence-electron chi connectivity index (χ0n) is 9.41. The van der Waals surface area contributed by atoms with E-state index in [0.29, 0.717) is 31.8 Å². The van der Waals surface area contributed by atoms with Crippen LogP contribution in [0.2, 0.25) is 0 Å². The Morgan fingerprint density at radius 1 is 1.24 bits per heavy atom. The maximum absolute atomic E-state index is 12.4. The standard InChI is InChI=1S/C11H15F3N2O/c12-11(13,14)9-3-1-8(2-4-9)7-17-10-5-6-15-16-10/h6,8-9H,1-5,7H2/t8-,9-. The molecule has 0 aromatic carbocycles. The van der Waals surface area contributed by atoms with Crippen molar-refractivity contribution in [1.82, 2.24) is 0 Å². The summed E-state index contributed by atoms with van der Waals surface area (Å²) in [7, 11) is 0. The summed E-state index contributed by atoms with van der Waals surface area (Å²) in [5.74, 6) is -0.328. The number of hydrogen-bond donors (Lipinski definition) is 0. The molecule has 1 aliphatic carbocycles. The third kappa shape index (κ3) is 3.44. The van der Waals surface area contributed by atoms with Crippen LogP contribution in [0.4, 0.5) is 13.2 Å². The topological polar surface area (TPSA) is 34.0 Å². The third-order valence-electron chi connectivity index (χ3n) is 3.31. The lowest BCUT2D eigenvalue weighted by Crippen LogP contribution is -2.29. The Kier molecular flexibility index (Phi) is 3.69. The van der Waals surface area contributed by atoms with Gasteiger partial charge in [0.25, 0.3) is 0 Å². The van der Waals surface area contributed by atoms with Crippen LogP contribution < -0.4 is 0 Å². The van der Waals surface area contributed by atoms with Gasteiger partial charge in [-0.1, -0.05) is 0 Å². The number of ether oxygens (including phenoxy) is 1. The number of halogens is 3. The monoisotopic (exact) mass is 248 g/mol. The predicted molar refractivity (Wildman–Crippen MR) is 58.0 cm³/mol. The average molecular weight is 248 g/mol. The maximum atomic E-state index is 12.4. The van der Waals surface area contributed by atoms with Crippen LogP contribution in [0.1, 0.15) is 32.1 Å². The zero-order valence-corrected chi connectivity index (χ0v) is 9.41. The summed E-state index contributed by atoms with van der Waals surface area (Å²) in [5.41, 5.74) is 0. The van der Waals surface area contributed by atoms with Crippen molar-refractivity contribution < 1.29 is 17.9 Å². The molecule has 0 aromatic rings.